The first-order valence-corrected chi connectivity index (χ1v) is 6.43. The average Bonchev–Trinajstić information content (AvgIpc) is 2.26. The Morgan fingerprint density at radius 3 is 2.37 bits per heavy atom. The predicted octanol–water partition coefficient (Wildman–Crippen LogP) is 2.87. The van der Waals surface area contributed by atoms with E-state index in [4.69, 9.17) is 5.73 Å². The summed E-state index contributed by atoms with van der Waals surface area (Å²) in [4.78, 5) is 4.06. The highest BCUT2D eigenvalue weighted by Gasteiger charge is 2.15. The van der Waals surface area contributed by atoms with Crippen LogP contribution in [-0.4, -0.2) is 10.1 Å². The monoisotopic (exact) mass is 256 g/mol. The molecule has 1 unspecified atom stereocenters. The lowest BCUT2D eigenvalue weighted by Crippen LogP contribution is -2.09. The molecule has 3 nitrogen and oxygen atoms in total. The summed E-state index contributed by atoms with van der Waals surface area (Å²) in [5, 5.41) is 10.4. The molecule has 0 amide bonds. The van der Waals surface area contributed by atoms with Gasteiger partial charge in [-0.1, -0.05) is 29.3 Å². The maximum atomic E-state index is 10.4. The fraction of sp³-hybridized carbons (Fsp3) is 0.312. The van der Waals surface area contributed by atoms with Gasteiger partial charge in [-0.25, -0.2) is 4.98 Å². The molecule has 0 aliphatic rings. The first kappa shape index (κ1) is 13.6. The molecule has 0 fully saturated rings. The Morgan fingerprint density at radius 1 is 1.16 bits per heavy atom. The van der Waals surface area contributed by atoms with E-state index in [1.807, 2.05) is 13.0 Å². The Labute approximate surface area is 114 Å². The van der Waals surface area contributed by atoms with Gasteiger partial charge in [0.2, 0.25) is 0 Å². The largest absolute Gasteiger partial charge is 0.388 e. The van der Waals surface area contributed by atoms with Crippen LogP contribution in [0.3, 0.4) is 0 Å². The Balaban J connectivity index is 2.28. The molecule has 100 valence electrons. The number of rotatable bonds is 3. The van der Waals surface area contributed by atoms with Crippen molar-refractivity contribution in [1.29, 1.82) is 0 Å². The van der Waals surface area contributed by atoms with Gasteiger partial charge in [0.05, 0.1) is 6.10 Å². The van der Waals surface area contributed by atoms with E-state index in [0.29, 0.717) is 12.2 Å². The summed E-state index contributed by atoms with van der Waals surface area (Å²) in [6.07, 6.45) is 1.60. The van der Waals surface area contributed by atoms with Gasteiger partial charge in [0.15, 0.2) is 0 Å². The van der Waals surface area contributed by atoms with Crippen LogP contribution in [0.15, 0.2) is 30.5 Å². The number of aliphatic hydroxyl groups excluding tert-OH is 1. The lowest BCUT2D eigenvalue weighted by molar-refractivity contribution is 0.178. The van der Waals surface area contributed by atoms with Crippen LogP contribution in [0.25, 0.3) is 0 Å². The first-order valence-electron chi connectivity index (χ1n) is 6.43. The van der Waals surface area contributed by atoms with Crippen molar-refractivity contribution in [2.45, 2.75) is 33.3 Å². The van der Waals surface area contributed by atoms with Crippen molar-refractivity contribution in [3.8, 4) is 0 Å². The molecule has 1 aromatic heterocycles. The highest BCUT2D eigenvalue weighted by molar-refractivity contribution is 5.46. The molecule has 2 rings (SSSR count). The van der Waals surface area contributed by atoms with E-state index in [1.54, 1.807) is 6.20 Å². The van der Waals surface area contributed by atoms with Gasteiger partial charge in [0.25, 0.3) is 0 Å². The summed E-state index contributed by atoms with van der Waals surface area (Å²) < 4.78 is 0. The number of hydrogen-bond donors (Lipinski definition) is 2. The standard InChI is InChI=1S/C16H20N2O/c1-10-6-11(2)8-13(7-10)9-14(19)15-12(3)4-5-18-16(15)17/h4-8,14,19H,9H2,1-3H3,(H2,17,18). The van der Waals surface area contributed by atoms with Crippen molar-refractivity contribution in [3.05, 3.63) is 58.3 Å². The molecule has 1 heterocycles. The van der Waals surface area contributed by atoms with E-state index in [2.05, 4.69) is 37.0 Å². The molecule has 1 atom stereocenters. The first-order chi connectivity index (χ1) is 8.97. The summed E-state index contributed by atoms with van der Waals surface area (Å²) in [6.45, 7) is 6.07. The van der Waals surface area contributed by atoms with Crippen molar-refractivity contribution < 1.29 is 5.11 Å². The lowest BCUT2D eigenvalue weighted by Gasteiger charge is -2.16. The summed E-state index contributed by atoms with van der Waals surface area (Å²) in [7, 11) is 0. The van der Waals surface area contributed by atoms with Gasteiger partial charge in [-0.05, 0) is 38.0 Å². The van der Waals surface area contributed by atoms with E-state index in [9.17, 15) is 5.11 Å². The Kier molecular flexibility index (Phi) is 3.86. The molecule has 19 heavy (non-hydrogen) atoms. The van der Waals surface area contributed by atoms with Crippen molar-refractivity contribution in [3.63, 3.8) is 0 Å². The van der Waals surface area contributed by atoms with Crippen molar-refractivity contribution in [1.82, 2.24) is 4.98 Å². The van der Waals surface area contributed by atoms with Crippen molar-refractivity contribution in [2.75, 3.05) is 5.73 Å². The minimum absolute atomic E-state index is 0.414. The van der Waals surface area contributed by atoms with Crippen molar-refractivity contribution in [2.24, 2.45) is 0 Å². The van der Waals surface area contributed by atoms with Gasteiger partial charge in [-0.15, -0.1) is 0 Å². The Hall–Kier alpha value is -1.87. The van der Waals surface area contributed by atoms with E-state index in [0.717, 1.165) is 16.7 Å². The third-order valence-corrected chi connectivity index (χ3v) is 3.28. The zero-order valence-electron chi connectivity index (χ0n) is 11.6. The number of hydrogen-bond acceptors (Lipinski definition) is 3. The van der Waals surface area contributed by atoms with E-state index < -0.39 is 6.10 Å². The van der Waals surface area contributed by atoms with E-state index in [1.165, 1.54) is 11.1 Å². The normalized spacial score (nSPS) is 12.4. The summed E-state index contributed by atoms with van der Waals surface area (Å²) >= 11 is 0. The van der Waals surface area contributed by atoms with Gasteiger partial charge in [-0.2, -0.15) is 0 Å². The zero-order chi connectivity index (χ0) is 14.0. The fourth-order valence-electron chi connectivity index (χ4n) is 2.54. The minimum atomic E-state index is -0.616. The smallest absolute Gasteiger partial charge is 0.129 e. The van der Waals surface area contributed by atoms with E-state index in [-0.39, 0.29) is 0 Å². The minimum Gasteiger partial charge on any atom is -0.388 e. The maximum Gasteiger partial charge on any atom is 0.129 e. The maximum absolute atomic E-state index is 10.4. The van der Waals surface area contributed by atoms with Crippen LogP contribution in [0.5, 0.6) is 0 Å². The van der Waals surface area contributed by atoms with Crippen LogP contribution >= 0.6 is 0 Å². The van der Waals surface area contributed by atoms with Crippen LogP contribution in [0.1, 0.15) is 33.9 Å². The van der Waals surface area contributed by atoms with Gasteiger partial charge in [0.1, 0.15) is 5.82 Å². The van der Waals surface area contributed by atoms with Gasteiger partial charge >= 0.3 is 0 Å². The second kappa shape index (κ2) is 5.41. The Morgan fingerprint density at radius 2 is 1.79 bits per heavy atom. The molecule has 0 spiro atoms. The Bertz CT molecular complexity index is 553. The molecule has 0 bridgehead atoms. The number of nitrogens with two attached hydrogens (primary N) is 1. The molecule has 0 radical (unpaired) electrons. The number of aliphatic hydroxyl groups is 1. The third-order valence-electron chi connectivity index (χ3n) is 3.28. The topological polar surface area (TPSA) is 59.1 Å². The number of nitrogen functional groups attached to an aromatic ring is 1. The molecule has 3 N–H and O–H groups in total. The summed E-state index contributed by atoms with van der Waals surface area (Å²) in [5.41, 5.74) is 11.1. The van der Waals surface area contributed by atoms with Crippen LogP contribution in [0, 0.1) is 20.8 Å². The highest BCUT2D eigenvalue weighted by atomic mass is 16.3. The fourth-order valence-corrected chi connectivity index (χ4v) is 2.54. The van der Waals surface area contributed by atoms with Gasteiger partial charge in [-0.3, -0.25) is 0 Å². The lowest BCUT2D eigenvalue weighted by atomic mass is 9.96. The van der Waals surface area contributed by atoms with Gasteiger partial charge in [0, 0.05) is 18.2 Å². The number of anilines is 1. The number of aryl methyl sites for hydroxylation is 3. The van der Waals surface area contributed by atoms with Crippen LogP contribution in [0.2, 0.25) is 0 Å². The quantitative estimate of drug-likeness (QED) is 0.887. The number of aromatic nitrogens is 1. The van der Waals surface area contributed by atoms with Crippen LogP contribution in [-0.2, 0) is 6.42 Å². The molecule has 0 saturated heterocycles. The molecular formula is C16H20N2O. The average molecular weight is 256 g/mol. The third kappa shape index (κ3) is 3.12. The molecule has 2 aromatic rings. The molecular weight excluding hydrogens is 236 g/mol. The SMILES string of the molecule is Cc1cc(C)cc(CC(O)c2c(C)ccnc2N)c1. The second-order valence-corrected chi connectivity index (χ2v) is 5.14. The van der Waals surface area contributed by atoms with E-state index >= 15 is 0 Å². The molecule has 3 heteroatoms. The van der Waals surface area contributed by atoms with Gasteiger partial charge < -0.3 is 10.8 Å². The summed E-state index contributed by atoms with van der Waals surface area (Å²) in [6, 6.07) is 8.19. The number of nitrogens with zero attached hydrogens (tertiary/aromatic N) is 1. The number of pyridine rings is 1. The summed E-state index contributed by atoms with van der Waals surface area (Å²) in [5.74, 6) is 0.414. The predicted molar refractivity (Wildman–Crippen MR) is 78.0 cm³/mol. The number of benzene rings is 1. The van der Waals surface area contributed by atoms with Crippen molar-refractivity contribution >= 4 is 5.82 Å². The molecule has 0 aliphatic carbocycles. The molecule has 1 aromatic carbocycles. The second-order valence-electron chi connectivity index (χ2n) is 5.14. The van der Waals surface area contributed by atoms with Crippen LogP contribution in [0.4, 0.5) is 5.82 Å². The zero-order valence-corrected chi connectivity index (χ0v) is 11.6. The highest BCUT2D eigenvalue weighted by Crippen LogP contribution is 2.26. The van der Waals surface area contributed by atoms with Crippen LogP contribution < -0.4 is 5.73 Å². The molecule has 0 aliphatic heterocycles. The molecule has 0 saturated carbocycles.